The molecule has 5 nitrogen and oxygen atoms in total. The first-order chi connectivity index (χ1) is 13.7. The van der Waals surface area contributed by atoms with Crippen LogP contribution in [0.5, 0.6) is 5.75 Å². The topological polar surface area (TPSA) is 56.1 Å². The maximum atomic E-state index is 12.3. The molecule has 28 heavy (non-hydrogen) atoms. The number of hydrogen-bond donors (Lipinski definition) is 1. The maximum Gasteiger partial charge on any atom is 0.251 e. The molecule has 0 bridgehead atoms. The number of rotatable bonds is 9. The van der Waals surface area contributed by atoms with Gasteiger partial charge in [0.1, 0.15) is 5.75 Å². The number of unbranched alkanes of at least 4 members (excludes halogenated alkanes) is 1. The molecule has 0 saturated carbocycles. The number of ether oxygens (including phenoxy) is 1. The van der Waals surface area contributed by atoms with Crippen LogP contribution in [-0.4, -0.2) is 28.8 Å². The minimum absolute atomic E-state index is 0.0633. The number of carbonyl (C=O) groups excluding carboxylic acids is 1. The van der Waals surface area contributed by atoms with E-state index in [1.807, 2.05) is 29.9 Å². The summed E-state index contributed by atoms with van der Waals surface area (Å²) in [6.45, 7) is 3.44. The standard InChI is InChI=1S/C23H27N3O2/c1-3-4-17-28-21-11-9-20(10-12-21)23(27)24-15-13-18-5-7-19(8-6-18)22-14-16-25-26(22)2/h5-12,14,16H,3-4,13,15,17H2,1-2H3,(H,24,27). The van der Waals surface area contributed by atoms with E-state index in [1.54, 1.807) is 18.3 Å². The molecule has 0 spiro atoms. The first kappa shape index (κ1) is 19.7. The zero-order chi connectivity index (χ0) is 19.8. The highest BCUT2D eigenvalue weighted by Gasteiger charge is 2.06. The van der Waals surface area contributed by atoms with Gasteiger partial charge in [0.05, 0.1) is 12.3 Å². The third-order valence-corrected chi connectivity index (χ3v) is 4.65. The van der Waals surface area contributed by atoms with Crippen molar-refractivity contribution in [2.45, 2.75) is 26.2 Å². The molecule has 0 aliphatic carbocycles. The summed E-state index contributed by atoms with van der Waals surface area (Å²) in [5.41, 5.74) is 4.05. The first-order valence-electron chi connectivity index (χ1n) is 9.75. The van der Waals surface area contributed by atoms with E-state index >= 15 is 0 Å². The molecular weight excluding hydrogens is 350 g/mol. The number of carbonyl (C=O) groups is 1. The van der Waals surface area contributed by atoms with Crippen LogP contribution in [0.1, 0.15) is 35.7 Å². The maximum absolute atomic E-state index is 12.3. The summed E-state index contributed by atoms with van der Waals surface area (Å²) < 4.78 is 7.48. The Morgan fingerprint density at radius 3 is 2.46 bits per heavy atom. The molecule has 5 heteroatoms. The third-order valence-electron chi connectivity index (χ3n) is 4.65. The van der Waals surface area contributed by atoms with Crippen molar-refractivity contribution in [2.24, 2.45) is 7.05 Å². The largest absolute Gasteiger partial charge is 0.494 e. The lowest BCUT2D eigenvalue weighted by molar-refractivity contribution is 0.0954. The molecule has 0 atom stereocenters. The van der Waals surface area contributed by atoms with E-state index in [4.69, 9.17) is 4.74 Å². The molecule has 3 rings (SSSR count). The second-order valence-electron chi connectivity index (χ2n) is 6.77. The van der Waals surface area contributed by atoms with Crippen LogP contribution in [-0.2, 0) is 13.5 Å². The van der Waals surface area contributed by atoms with Gasteiger partial charge in [-0.15, -0.1) is 0 Å². The average molecular weight is 377 g/mol. The summed E-state index contributed by atoms with van der Waals surface area (Å²) >= 11 is 0. The van der Waals surface area contributed by atoms with Gasteiger partial charge in [0, 0.05) is 25.4 Å². The Labute approximate surface area is 166 Å². The van der Waals surface area contributed by atoms with E-state index in [9.17, 15) is 4.79 Å². The summed E-state index contributed by atoms with van der Waals surface area (Å²) in [6, 6.07) is 17.7. The predicted octanol–water partition coefficient (Wildman–Crippen LogP) is 4.24. The van der Waals surface area contributed by atoms with Crippen molar-refractivity contribution in [3.8, 4) is 17.0 Å². The Balaban J connectivity index is 1.46. The minimum Gasteiger partial charge on any atom is -0.494 e. The van der Waals surface area contributed by atoms with E-state index in [2.05, 4.69) is 41.6 Å². The quantitative estimate of drug-likeness (QED) is 0.568. The molecule has 146 valence electrons. The number of benzene rings is 2. The van der Waals surface area contributed by atoms with Crippen LogP contribution < -0.4 is 10.1 Å². The summed E-state index contributed by atoms with van der Waals surface area (Å²) in [5, 5.41) is 7.18. The molecule has 0 aliphatic rings. The van der Waals surface area contributed by atoms with Gasteiger partial charge in [-0.3, -0.25) is 9.48 Å². The van der Waals surface area contributed by atoms with Crippen LogP contribution in [0.3, 0.4) is 0 Å². The molecule has 0 fully saturated rings. The Morgan fingerprint density at radius 1 is 1.07 bits per heavy atom. The summed E-state index contributed by atoms with van der Waals surface area (Å²) in [4.78, 5) is 12.3. The molecule has 1 amide bonds. The lowest BCUT2D eigenvalue weighted by atomic mass is 10.1. The summed E-state index contributed by atoms with van der Waals surface area (Å²) in [6.07, 6.45) is 4.72. The van der Waals surface area contributed by atoms with Crippen molar-refractivity contribution in [3.63, 3.8) is 0 Å². The highest BCUT2D eigenvalue weighted by Crippen LogP contribution is 2.18. The van der Waals surface area contributed by atoms with Gasteiger partial charge in [-0.1, -0.05) is 37.6 Å². The van der Waals surface area contributed by atoms with Crippen LogP contribution in [0.2, 0.25) is 0 Å². The molecule has 1 heterocycles. The second-order valence-corrected chi connectivity index (χ2v) is 6.77. The van der Waals surface area contributed by atoms with Gasteiger partial charge in [-0.25, -0.2) is 0 Å². The smallest absolute Gasteiger partial charge is 0.251 e. The number of amides is 1. The van der Waals surface area contributed by atoms with Gasteiger partial charge in [-0.05, 0) is 54.3 Å². The zero-order valence-corrected chi connectivity index (χ0v) is 16.5. The van der Waals surface area contributed by atoms with Crippen molar-refractivity contribution >= 4 is 5.91 Å². The number of aryl methyl sites for hydroxylation is 1. The van der Waals surface area contributed by atoms with Crippen molar-refractivity contribution in [1.29, 1.82) is 0 Å². The molecule has 1 N–H and O–H groups in total. The van der Waals surface area contributed by atoms with Crippen LogP contribution >= 0.6 is 0 Å². The summed E-state index contributed by atoms with van der Waals surface area (Å²) in [5.74, 6) is 0.741. The van der Waals surface area contributed by atoms with Crippen molar-refractivity contribution in [1.82, 2.24) is 15.1 Å². The Morgan fingerprint density at radius 2 is 1.82 bits per heavy atom. The van der Waals surface area contributed by atoms with E-state index in [1.165, 1.54) is 5.56 Å². The van der Waals surface area contributed by atoms with Crippen LogP contribution in [0.15, 0.2) is 60.8 Å². The number of nitrogens with one attached hydrogen (secondary N) is 1. The van der Waals surface area contributed by atoms with E-state index in [-0.39, 0.29) is 5.91 Å². The summed E-state index contributed by atoms with van der Waals surface area (Å²) in [7, 11) is 1.93. The van der Waals surface area contributed by atoms with Crippen LogP contribution in [0, 0.1) is 0 Å². The number of aromatic nitrogens is 2. The monoisotopic (exact) mass is 377 g/mol. The second kappa shape index (κ2) is 9.74. The van der Waals surface area contributed by atoms with Gasteiger partial charge in [-0.2, -0.15) is 5.10 Å². The minimum atomic E-state index is -0.0633. The molecule has 0 aliphatic heterocycles. The predicted molar refractivity (Wildman–Crippen MR) is 112 cm³/mol. The number of hydrogen-bond acceptors (Lipinski definition) is 3. The van der Waals surface area contributed by atoms with Gasteiger partial charge in [0.2, 0.25) is 0 Å². The van der Waals surface area contributed by atoms with E-state index < -0.39 is 0 Å². The highest BCUT2D eigenvalue weighted by atomic mass is 16.5. The van der Waals surface area contributed by atoms with E-state index in [0.29, 0.717) is 18.7 Å². The fourth-order valence-corrected chi connectivity index (χ4v) is 2.96. The van der Waals surface area contributed by atoms with Crippen molar-refractivity contribution < 1.29 is 9.53 Å². The lowest BCUT2D eigenvalue weighted by Gasteiger charge is -2.08. The van der Waals surface area contributed by atoms with Gasteiger partial charge < -0.3 is 10.1 Å². The molecule has 3 aromatic rings. The fraction of sp³-hybridized carbons (Fsp3) is 0.304. The lowest BCUT2D eigenvalue weighted by Crippen LogP contribution is -2.25. The average Bonchev–Trinajstić information content (AvgIpc) is 3.15. The normalized spacial score (nSPS) is 10.6. The molecule has 0 radical (unpaired) electrons. The highest BCUT2D eigenvalue weighted by molar-refractivity contribution is 5.94. The zero-order valence-electron chi connectivity index (χ0n) is 16.5. The SMILES string of the molecule is CCCCOc1ccc(C(=O)NCCc2ccc(-c3ccnn3C)cc2)cc1. The Kier molecular flexibility index (Phi) is 6.84. The third kappa shape index (κ3) is 5.22. The number of nitrogens with zero attached hydrogens (tertiary/aromatic N) is 2. The Hall–Kier alpha value is -3.08. The van der Waals surface area contributed by atoms with Gasteiger partial charge in [0.15, 0.2) is 0 Å². The molecule has 1 aromatic heterocycles. The first-order valence-corrected chi connectivity index (χ1v) is 9.75. The Bertz CT molecular complexity index is 883. The van der Waals surface area contributed by atoms with Crippen molar-refractivity contribution in [2.75, 3.05) is 13.2 Å². The fourth-order valence-electron chi connectivity index (χ4n) is 2.96. The van der Waals surface area contributed by atoms with Gasteiger partial charge in [0.25, 0.3) is 5.91 Å². The van der Waals surface area contributed by atoms with Gasteiger partial charge >= 0.3 is 0 Å². The van der Waals surface area contributed by atoms with Crippen LogP contribution in [0.4, 0.5) is 0 Å². The molecular formula is C23H27N3O2. The van der Waals surface area contributed by atoms with Crippen LogP contribution in [0.25, 0.3) is 11.3 Å². The molecule has 2 aromatic carbocycles. The van der Waals surface area contributed by atoms with Crippen molar-refractivity contribution in [3.05, 3.63) is 71.9 Å². The molecule has 0 saturated heterocycles. The molecule has 0 unspecified atom stereocenters. The van der Waals surface area contributed by atoms with E-state index in [0.717, 1.165) is 36.3 Å².